The summed E-state index contributed by atoms with van der Waals surface area (Å²) in [6.07, 6.45) is 6.54. The number of hydrogen-bond acceptors (Lipinski definition) is 3. The van der Waals surface area contributed by atoms with Gasteiger partial charge in [-0.05, 0) is 25.2 Å². The summed E-state index contributed by atoms with van der Waals surface area (Å²) in [5.74, 6) is 1.62. The van der Waals surface area contributed by atoms with Gasteiger partial charge in [-0.25, -0.2) is 0 Å². The van der Waals surface area contributed by atoms with Gasteiger partial charge in [-0.1, -0.05) is 0 Å². The Morgan fingerprint density at radius 1 is 1.33 bits per heavy atom. The quantitative estimate of drug-likeness (QED) is 0.659. The van der Waals surface area contributed by atoms with E-state index in [1.165, 1.54) is 0 Å². The van der Waals surface area contributed by atoms with E-state index in [2.05, 4.69) is 0 Å². The molecule has 1 saturated carbocycles. The molecule has 0 aromatic rings. The number of fused-ring (bicyclic) bond motifs is 3. The Bertz CT molecular complexity index is 348. The zero-order valence-electron chi connectivity index (χ0n) is 8.92. The Labute approximate surface area is 89.7 Å². The Kier molecular flexibility index (Phi) is 1.93. The van der Waals surface area contributed by atoms with Crippen LogP contribution in [-0.2, 0) is 9.53 Å². The number of carbonyl (C=O) groups excluding carboxylic acids is 1. The molecule has 3 rings (SSSR count). The molecule has 2 atom stereocenters. The maximum Gasteiger partial charge on any atom is 0.162 e. The summed E-state index contributed by atoms with van der Waals surface area (Å²) in [4.78, 5) is 11.9. The lowest BCUT2D eigenvalue weighted by Crippen LogP contribution is -2.51. The van der Waals surface area contributed by atoms with Crippen molar-refractivity contribution in [3.63, 3.8) is 0 Å². The minimum Gasteiger partial charge on any atom is -0.477 e. The van der Waals surface area contributed by atoms with Crippen molar-refractivity contribution in [2.45, 2.75) is 50.7 Å². The first-order chi connectivity index (χ1) is 7.18. The fourth-order valence-corrected chi connectivity index (χ4v) is 3.25. The first-order valence-electron chi connectivity index (χ1n) is 5.92. The zero-order chi connectivity index (χ0) is 10.5. The van der Waals surface area contributed by atoms with Gasteiger partial charge in [0.15, 0.2) is 11.5 Å². The SMILES string of the molecule is N[C@@]12CCC[C@@H](C1)C1=C(CCCC1=O)O2. The summed E-state index contributed by atoms with van der Waals surface area (Å²) < 4.78 is 5.86. The smallest absolute Gasteiger partial charge is 0.162 e. The van der Waals surface area contributed by atoms with Gasteiger partial charge in [0.05, 0.1) is 0 Å². The highest BCUT2D eigenvalue weighted by Gasteiger charge is 2.44. The van der Waals surface area contributed by atoms with Gasteiger partial charge in [-0.15, -0.1) is 0 Å². The van der Waals surface area contributed by atoms with Crippen molar-refractivity contribution in [1.29, 1.82) is 0 Å². The summed E-state index contributed by atoms with van der Waals surface area (Å²) >= 11 is 0. The highest BCUT2D eigenvalue weighted by molar-refractivity contribution is 5.97. The molecule has 2 N–H and O–H groups in total. The van der Waals surface area contributed by atoms with Crippen LogP contribution in [0.1, 0.15) is 44.9 Å². The Morgan fingerprint density at radius 2 is 2.20 bits per heavy atom. The molecule has 1 aliphatic heterocycles. The van der Waals surface area contributed by atoms with Gasteiger partial charge in [0.2, 0.25) is 0 Å². The molecule has 1 fully saturated rings. The second-order valence-corrected chi connectivity index (χ2v) is 5.07. The molecule has 0 unspecified atom stereocenters. The summed E-state index contributed by atoms with van der Waals surface area (Å²) in [5.41, 5.74) is 6.71. The van der Waals surface area contributed by atoms with Crippen molar-refractivity contribution in [2.75, 3.05) is 0 Å². The molecule has 0 aromatic heterocycles. The Morgan fingerprint density at radius 3 is 3.07 bits per heavy atom. The molecule has 2 aliphatic carbocycles. The van der Waals surface area contributed by atoms with E-state index in [4.69, 9.17) is 10.5 Å². The van der Waals surface area contributed by atoms with Crippen molar-refractivity contribution in [3.8, 4) is 0 Å². The van der Waals surface area contributed by atoms with E-state index >= 15 is 0 Å². The molecule has 15 heavy (non-hydrogen) atoms. The van der Waals surface area contributed by atoms with Gasteiger partial charge in [0, 0.05) is 31.3 Å². The van der Waals surface area contributed by atoms with Gasteiger partial charge in [0.25, 0.3) is 0 Å². The summed E-state index contributed by atoms with van der Waals surface area (Å²) in [5, 5.41) is 0. The van der Waals surface area contributed by atoms with E-state index in [0.717, 1.165) is 49.9 Å². The van der Waals surface area contributed by atoms with Crippen molar-refractivity contribution < 1.29 is 9.53 Å². The highest BCUT2D eigenvalue weighted by atomic mass is 16.5. The van der Waals surface area contributed by atoms with Gasteiger partial charge >= 0.3 is 0 Å². The lowest BCUT2D eigenvalue weighted by molar-refractivity contribution is -0.121. The standard InChI is InChI=1S/C12H17NO2/c13-12-6-2-3-8(7-12)11-9(14)4-1-5-10(11)15-12/h8H,1-7,13H2/t8-,12+/m0/s1. The number of rotatable bonds is 0. The molecule has 0 radical (unpaired) electrons. The van der Waals surface area contributed by atoms with E-state index in [9.17, 15) is 4.79 Å². The van der Waals surface area contributed by atoms with Gasteiger partial charge < -0.3 is 4.74 Å². The molecule has 3 heteroatoms. The summed E-state index contributed by atoms with van der Waals surface area (Å²) in [7, 11) is 0. The number of ether oxygens (including phenoxy) is 1. The van der Waals surface area contributed by atoms with Crippen LogP contribution in [0.4, 0.5) is 0 Å². The van der Waals surface area contributed by atoms with E-state index in [1.807, 2.05) is 0 Å². The molecule has 0 aromatic carbocycles. The summed E-state index contributed by atoms with van der Waals surface area (Å²) in [6.45, 7) is 0. The number of carbonyl (C=O) groups is 1. The van der Waals surface area contributed by atoms with Crippen molar-refractivity contribution in [1.82, 2.24) is 0 Å². The number of nitrogens with two attached hydrogens (primary N) is 1. The maximum absolute atomic E-state index is 11.9. The Balaban J connectivity index is 2.02. The van der Waals surface area contributed by atoms with Crippen LogP contribution < -0.4 is 5.73 Å². The molecule has 1 heterocycles. The predicted molar refractivity (Wildman–Crippen MR) is 55.8 cm³/mol. The number of hydrogen-bond donors (Lipinski definition) is 1. The second-order valence-electron chi connectivity index (χ2n) is 5.07. The Hall–Kier alpha value is -0.830. The summed E-state index contributed by atoms with van der Waals surface area (Å²) in [6, 6.07) is 0. The fourth-order valence-electron chi connectivity index (χ4n) is 3.25. The maximum atomic E-state index is 11.9. The molecular weight excluding hydrogens is 190 g/mol. The van der Waals surface area contributed by atoms with Crippen molar-refractivity contribution >= 4 is 5.78 Å². The molecule has 0 amide bonds. The first-order valence-corrected chi connectivity index (χ1v) is 5.92. The fraction of sp³-hybridized carbons (Fsp3) is 0.750. The molecule has 3 aliphatic rings. The average Bonchev–Trinajstić information content (AvgIpc) is 2.16. The van der Waals surface area contributed by atoms with Crippen LogP contribution in [0.2, 0.25) is 0 Å². The number of Topliss-reactive ketones (excluding diaryl/α,β-unsaturated/α-hetero) is 1. The number of allylic oxidation sites excluding steroid dienone is 2. The van der Waals surface area contributed by atoms with E-state index in [-0.39, 0.29) is 0 Å². The van der Waals surface area contributed by atoms with Crippen LogP contribution in [-0.4, -0.2) is 11.5 Å². The predicted octanol–water partition coefficient (Wildman–Crippen LogP) is 1.87. The zero-order valence-corrected chi connectivity index (χ0v) is 8.92. The van der Waals surface area contributed by atoms with Crippen LogP contribution in [0.3, 0.4) is 0 Å². The minimum atomic E-state index is -0.459. The lowest BCUT2D eigenvalue weighted by Gasteiger charge is -2.45. The topological polar surface area (TPSA) is 52.3 Å². The monoisotopic (exact) mass is 207 g/mol. The molecule has 82 valence electrons. The third-order valence-corrected chi connectivity index (χ3v) is 3.89. The largest absolute Gasteiger partial charge is 0.477 e. The molecule has 0 saturated heterocycles. The second kappa shape index (κ2) is 3.08. The van der Waals surface area contributed by atoms with Gasteiger partial charge in [0.1, 0.15) is 5.76 Å². The lowest BCUT2D eigenvalue weighted by atomic mass is 9.73. The van der Waals surface area contributed by atoms with E-state index in [1.54, 1.807) is 0 Å². The van der Waals surface area contributed by atoms with Crippen molar-refractivity contribution in [2.24, 2.45) is 11.7 Å². The van der Waals surface area contributed by atoms with Gasteiger partial charge in [-0.2, -0.15) is 0 Å². The average molecular weight is 207 g/mol. The van der Waals surface area contributed by atoms with Crippen molar-refractivity contribution in [3.05, 3.63) is 11.3 Å². The van der Waals surface area contributed by atoms with Crippen LogP contribution in [0.15, 0.2) is 11.3 Å². The van der Waals surface area contributed by atoms with Crippen LogP contribution in [0.25, 0.3) is 0 Å². The number of ketones is 1. The third kappa shape index (κ3) is 1.41. The molecular formula is C12H17NO2. The van der Waals surface area contributed by atoms with Crippen LogP contribution in [0.5, 0.6) is 0 Å². The molecule has 3 nitrogen and oxygen atoms in total. The minimum absolute atomic E-state index is 0.310. The van der Waals surface area contributed by atoms with E-state index in [0.29, 0.717) is 18.1 Å². The van der Waals surface area contributed by atoms with E-state index < -0.39 is 5.72 Å². The van der Waals surface area contributed by atoms with Gasteiger partial charge in [-0.3, -0.25) is 10.5 Å². The normalized spacial score (nSPS) is 39.8. The highest BCUT2D eigenvalue weighted by Crippen LogP contribution is 2.45. The first kappa shape index (κ1) is 9.40. The molecule has 2 bridgehead atoms. The van der Waals surface area contributed by atoms with Crippen LogP contribution in [0, 0.1) is 5.92 Å². The molecule has 0 spiro atoms. The van der Waals surface area contributed by atoms with Crippen LogP contribution >= 0.6 is 0 Å². The third-order valence-electron chi connectivity index (χ3n) is 3.89.